The van der Waals surface area contributed by atoms with Crippen LogP contribution in [-0.2, 0) is 42.9 Å². The number of benzene rings is 2. The highest BCUT2D eigenvalue weighted by Crippen LogP contribution is 2.64. The van der Waals surface area contributed by atoms with E-state index in [1.807, 2.05) is 0 Å². The van der Waals surface area contributed by atoms with Crippen LogP contribution in [0.5, 0.6) is 0 Å². The largest absolute Gasteiger partial charge is 0.456 e. The number of carbonyl (C=O) groups excluding carboxylic acids is 6. The van der Waals surface area contributed by atoms with Gasteiger partial charge in [-0.2, -0.15) is 11.3 Å². The number of hydrogen-bond donors (Lipinski definition) is 4. The summed E-state index contributed by atoms with van der Waals surface area (Å²) in [7, 11) is 0. The second-order valence-electron chi connectivity index (χ2n) is 17.0. The summed E-state index contributed by atoms with van der Waals surface area (Å²) in [4.78, 5) is 83.2. The van der Waals surface area contributed by atoms with Crippen molar-refractivity contribution in [3.05, 3.63) is 105 Å². The second-order valence-corrected chi connectivity index (χ2v) is 17.8. The maximum Gasteiger partial charge on any atom is 0.339 e. The van der Waals surface area contributed by atoms with E-state index in [4.69, 9.17) is 23.7 Å². The minimum absolute atomic E-state index is 0.00251. The molecular formula is C45H49NO14S. The molecule has 3 aromatic rings. The summed E-state index contributed by atoms with van der Waals surface area (Å²) in [5.74, 6) is -6.78. The molecule has 11 atom stereocenters. The van der Waals surface area contributed by atoms with E-state index >= 15 is 4.79 Å². The van der Waals surface area contributed by atoms with Crippen LogP contribution in [0, 0.1) is 16.7 Å². The Morgan fingerprint density at radius 3 is 2.13 bits per heavy atom. The molecule has 2 bridgehead atoms. The zero-order valence-electron chi connectivity index (χ0n) is 34.5. The molecule has 1 amide bonds. The molecule has 1 aromatic heterocycles. The summed E-state index contributed by atoms with van der Waals surface area (Å²) >= 11 is 1.21. The van der Waals surface area contributed by atoms with Crippen molar-refractivity contribution >= 4 is 46.9 Å². The predicted octanol–water partition coefficient (Wildman–Crippen LogP) is 3.80. The van der Waals surface area contributed by atoms with E-state index in [0.717, 1.165) is 13.8 Å². The van der Waals surface area contributed by atoms with Gasteiger partial charge in [-0.05, 0) is 54.1 Å². The minimum atomic E-state index is -2.38. The molecule has 4 aliphatic rings. The summed E-state index contributed by atoms with van der Waals surface area (Å²) in [5.41, 5.74) is -6.92. The molecule has 16 heteroatoms. The highest BCUT2D eigenvalue weighted by Gasteiger charge is 2.78. The molecule has 3 fully saturated rings. The number of fused-ring (bicyclic) bond motifs is 5. The van der Waals surface area contributed by atoms with Gasteiger partial charge >= 0.3 is 23.9 Å². The number of ether oxygens (including phenoxy) is 5. The molecule has 1 saturated heterocycles. The van der Waals surface area contributed by atoms with Crippen LogP contribution >= 0.6 is 11.3 Å². The zero-order chi connectivity index (χ0) is 44.2. The molecule has 2 saturated carbocycles. The number of aliphatic hydroxyl groups is 3. The Bertz CT molecular complexity index is 2240. The van der Waals surface area contributed by atoms with Crippen LogP contribution in [0.4, 0.5) is 0 Å². The summed E-state index contributed by atoms with van der Waals surface area (Å²) in [5, 5.41) is 43.3. The molecule has 1 unspecified atom stereocenters. The average Bonchev–Trinajstić information content (AvgIpc) is 3.77. The van der Waals surface area contributed by atoms with E-state index in [1.165, 1.54) is 36.6 Å². The Balaban J connectivity index is 1.38. The highest BCUT2D eigenvalue weighted by atomic mass is 32.1. The number of Topliss-reactive ketones (excluding diaryl/α,β-unsaturated/α-hetero) is 1. The van der Waals surface area contributed by atoms with Crippen LogP contribution in [0.15, 0.2) is 88.6 Å². The first-order valence-electron chi connectivity index (χ1n) is 19.9. The van der Waals surface area contributed by atoms with Crippen LogP contribution in [0.3, 0.4) is 0 Å². The van der Waals surface area contributed by atoms with Crippen LogP contribution in [0.1, 0.15) is 86.7 Å². The van der Waals surface area contributed by atoms with Crippen LogP contribution in [0.2, 0.25) is 0 Å². The third-order valence-corrected chi connectivity index (χ3v) is 13.9. The molecule has 2 heterocycles. The standard InChI is InChI=1S/C45H49NO14S/c1-23-29(58-41(54)34(50)33(26-13-9-7-10-14-26)46-39(52)27-15-11-8-12-16-27)20-45(55)38(59-40(53)28-17-18-61-21-28)36-43(6,30(49)19-31-44(36,22-56-31)60-25(3)48)37(51)35(57-24(2)47)32(23)42(45,4)5/h7-18,21,29-31,33-36,38,49-50,55H,19-20,22H2,1-6H3,(H,46,52)/t29-,30-,31?,33-,34+,35+,36-,38-,43+,44-,45+/m0/s1. The van der Waals surface area contributed by atoms with Gasteiger partial charge in [0.05, 0.1) is 35.6 Å². The number of amides is 1. The number of carbonyl (C=O) groups is 6. The summed E-state index contributed by atoms with van der Waals surface area (Å²) in [6.45, 7) is 7.99. The van der Waals surface area contributed by atoms with Crippen molar-refractivity contribution in [2.24, 2.45) is 16.7 Å². The third kappa shape index (κ3) is 7.27. The number of ketones is 1. The number of rotatable bonds is 10. The molecular weight excluding hydrogens is 811 g/mol. The van der Waals surface area contributed by atoms with Crippen molar-refractivity contribution < 1.29 is 67.8 Å². The number of hydrogen-bond acceptors (Lipinski definition) is 15. The van der Waals surface area contributed by atoms with E-state index in [1.54, 1.807) is 79.9 Å². The lowest BCUT2D eigenvalue weighted by Gasteiger charge is -2.67. The monoisotopic (exact) mass is 859 g/mol. The minimum Gasteiger partial charge on any atom is -0.456 e. The molecule has 0 spiro atoms. The molecule has 1 aliphatic heterocycles. The first kappa shape index (κ1) is 43.8. The Hall–Kier alpha value is -5.26. The van der Waals surface area contributed by atoms with Gasteiger partial charge in [-0.3, -0.25) is 19.2 Å². The normalized spacial score (nSPS) is 32.2. The lowest BCUT2D eigenvalue weighted by molar-refractivity contribution is -0.346. The number of thiophene rings is 1. The lowest BCUT2D eigenvalue weighted by atomic mass is 9.44. The average molecular weight is 860 g/mol. The third-order valence-electron chi connectivity index (χ3n) is 13.2. The fourth-order valence-corrected chi connectivity index (χ4v) is 10.6. The van der Waals surface area contributed by atoms with E-state index in [9.17, 15) is 39.3 Å². The van der Waals surface area contributed by atoms with Crippen molar-refractivity contribution in [1.29, 1.82) is 0 Å². The maximum atomic E-state index is 15.4. The van der Waals surface area contributed by atoms with Crippen molar-refractivity contribution in [3.63, 3.8) is 0 Å². The maximum absolute atomic E-state index is 15.4. The van der Waals surface area contributed by atoms with E-state index in [0.29, 0.717) is 5.56 Å². The van der Waals surface area contributed by atoms with Crippen LogP contribution in [0.25, 0.3) is 0 Å². The van der Waals surface area contributed by atoms with Gasteiger partial charge in [0.2, 0.25) is 0 Å². The molecule has 2 aromatic carbocycles. The summed E-state index contributed by atoms with van der Waals surface area (Å²) in [6.07, 6.45) is -10.4. The molecule has 7 rings (SSSR count). The van der Waals surface area contributed by atoms with Gasteiger partial charge < -0.3 is 44.3 Å². The number of nitrogens with one attached hydrogen (secondary N) is 1. The zero-order valence-corrected chi connectivity index (χ0v) is 35.3. The Labute approximate surface area is 356 Å². The van der Waals surface area contributed by atoms with Crippen LogP contribution in [-0.4, -0.2) is 105 Å². The van der Waals surface area contributed by atoms with Crippen molar-refractivity contribution in [3.8, 4) is 0 Å². The van der Waals surface area contributed by atoms with Gasteiger partial charge in [0.1, 0.15) is 23.9 Å². The Morgan fingerprint density at radius 1 is 0.902 bits per heavy atom. The highest BCUT2D eigenvalue weighted by molar-refractivity contribution is 7.08. The van der Waals surface area contributed by atoms with Gasteiger partial charge in [0.25, 0.3) is 5.91 Å². The van der Waals surface area contributed by atoms with Crippen molar-refractivity contribution in [1.82, 2.24) is 5.32 Å². The fourth-order valence-electron chi connectivity index (χ4n) is 9.99. The van der Waals surface area contributed by atoms with Gasteiger partial charge in [0, 0.05) is 43.0 Å². The first-order chi connectivity index (χ1) is 28.8. The van der Waals surface area contributed by atoms with Crippen LogP contribution < -0.4 is 5.32 Å². The Kier molecular flexibility index (Phi) is 11.6. The van der Waals surface area contributed by atoms with Gasteiger partial charge in [-0.15, -0.1) is 0 Å². The summed E-state index contributed by atoms with van der Waals surface area (Å²) in [6, 6.07) is 16.6. The van der Waals surface area contributed by atoms with Gasteiger partial charge in [-0.25, -0.2) is 9.59 Å². The van der Waals surface area contributed by atoms with E-state index < -0.39 is 113 Å². The molecule has 4 N–H and O–H groups in total. The SMILES string of the molecule is CC(=O)O[C@H]1C(=O)[C@]2(C)[C@@H](O)CC3OC[C@@]3(OC(C)=O)[C@H]2[C@H](OC(=O)c2ccsc2)[C@]2(O)C[C@H](OC(=O)[C@H](O)[C@@H](NC(=O)c3ccccc3)c3ccccc3)C(C)=C1C2(C)C. The number of aliphatic hydroxyl groups excluding tert-OH is 2. The van der Waals surface area contributed by atoms with Gasteiger partial charge in [0.15, 0.2) is 23.6 Å². The molecule has 324 valence electrons. The van der Waals surface area contributed by atoms with Crippen molar-refractivity contribution in [2.45, 2.75) is 108 Å². The van der Waals surface area contributed by atoms with Crippen molar-refractivity contribution in [2.75, 3.05) is 6.61 Å². The molecule has 0 radical (unpaired) electrons. The molecule has 3 aliphatic carbocycles. The molecule has 61 heavy (non-hydrogen) atoms. The summed E-state index contributed by atoms with van der Waals surface area (Å²) < 4.78 is 30.2. The molecule has 15 nitrogen and oxygen atoms in total. The van der Waals surface area contributed by atoms with E-state index in [2.05, 4.69) is 5.32 Å². The quantitative estimate of drug-likeness (QED) is 0.130. The lowest BCUT2D eigenvalue weighted by Crippen LogP contribution is -2.82. The predicted molar refractivity (Wildman–Crippen MR) is 216 cm³/mol. The van der Waals surface area contributed by atoms with E-state index in [-0.39, 0.29) is 35.3 Å². The second kappa shape index (κ2) is 16.2. The topological polar surface area (TPSA) is 221 Å². The van der Waals surface area contributed by atoms with Gasteiger partial charge in [-0.1, -0.05) is 62.4 Å². The Morgan fingerprint density at radius 2 is 1.56 bits per heavy atom. The number of esters is 4. The smallest absolute Gasteiger partial charge is 0.339 e. The first-order valence-corrected chi connectivity index (χ1v) is 20.9. The fraction of sp³-hybridized carbons (Fsp3) is 0.467.